The predicted molar refractivity (Wildman–Crippen MR) is 101 cm³/mol. The normalized spacial score (nSPS) is 11.5. The topological polar surface area (TPSA) is 75.7 Å². The van der Waals surface area contributed by atoms with E-state index in [4.69, 9.17) is 10.5 Å². The summed E-state index contributed by atoms with van der Waals surface area (Å²) in [6, 6.07) is 18.4. The van der Waals surface area contributed by atoms with E-state index in [0.29, 0.717) is 6.42 Å². The number of unbranched alkanes of at least 4 members (excludes halogenated alkanes) is 1. The molecule has 0 bridgehead atoms. The molecule has 4 heteroatoms. The van der Waals surface area contributed by atoms with Crippen LogP contribution in [-0.2, 0) is 12.8 Å². The highest BCUT2D eigenvalue weighted by Crippen LogP contribution is 2.14. The molecule has 136 valence electrons. The average Bonchev–Trinajstić information content (AvgIpc) is 2.67. The number of ether oxygens (including phenoxy) is 1. The van der Waals surface area contributed by atoms with Crippen molar-refractivity contribution in [2.45, 2.75) is 37.6 Å². The van der Waals surface area contributed by atoms with Crippen LogP contribution in [0.4, 0.5) is 0 Å². The van der Waals surface area contributed by atoms with Gasteiger partial charge in [0.1, 0.15) is 5.75 Å². The van der Waals surface area contributed by atoms with E-state index < -0.39 is 5.54 Å². The molecule has 0 aliphatic heterocycles. The summed E-state index contributed by atoms with van der Waals surface area (Å²) in [5.74, 6) is 0.925. The Morgan fingerprint density at radius 2 is 1.40 bits per heavy atom. The Morgan fingerprint density at radius 3 is 2.00 bits per heavy atom. The van der Waals surface area contributed by atoms with Crippen molar-refractivity contribution in [3.8, 4) is 5.75 Å². The first-order chi connectivity index (χ1) is 12.1. The van der Waals surface area contributed by atoms with Crippen molar-refractivity contribution in [3.05, 3.63) is 65.7 Å². The molecule has 4 N–H and O–H groups in total. The van der Waals surface area contributed by atoms with Gasteiger partial charge in [0.25, 0.3) is 0 Å². The highest BCUT2D eigenvalue weighted by atomic mass is 16.5. The molecule has 0 fully saturated rings. The number of hydrogen-bond donors (Lipinski definition) is 3. The molecule has 0 amide bonds. The Balaban J connectivity index is 1.66. The third-order valence-corrected chi connectivity index (χ3v) is 4.44. The summed E-state index contributed by atoms with van der Waals surface area (Å²) in [5.41, 5.74) is 7.49. The minimum Gasteiger partial charge on any atom is -0.494 e. The van der Waals surface area contributed by atoms with Crippen LogP contribution >= 0.6 is 0 Å². The van der Waals surface area contributed by atoms with Crippen LogP contribution in [0, 0.1) is 0 Å². The van der Waals surface area contributed by atoms with Gasteiger partial charge in [-0.3, -0.25) is 0 Å². The van der Waals surface area contributed by atoms with Crippen LogP contribution < -0.4 is 10.5 Å². The van der Waals surface area contributed by atoms with Crippen LogP contribution in [0.15, 0.2) is 54.6 Å². The van der Waals surface area contributed by atoms with Crippen LogP contribution in [-0.4, -0.2) is 35.6 Å². The lowest BCUT2D eigenvalue weighted by molar-refractivity contribution is 0.115. The van der Waals surface area contributed by atoms with E-state index in [2.05, 4.69) is 24.3 Å². The van der Waals surface area contributed by atoms with Crippen LogP contribution in [0.2, 0.25) is 0 Å². The number of aliphatic hydroxyl groups is 2. The predicted octanol–water partition coefficient (Wildman–Crippen LogP) is 2.70. The van der Waals surface area contributed by atoms with Crippen LogP contribution in [0.5, 0.6) is 5.75 Å². The molecule has 0 saturated heterocycles. The zero-order chi connectivity index (χ0) is 18.0. The summed E-state index contributed by atoms with van der Waals surface area (Å²) in [4.78, 5) is 0. The second-order valence-corrected chi connectivity index (χ2v) is 6.61. The van der Waals surface area contributed by atoms with Gasteiger partial charge in [-0.1, -0.05) is 42.5 Å². The zero-order valence-corrected chi connectivity index (χ0v) is 14.7. The number of para-hydroxylation sites is 1. The van der Waals surface area contributed by atoms with Gasteiger partial charge in [-0.05, 0) is 55.4 Å². The summed E-state index contributed by atoms with van der Waals surface area (Å²) < 4.78 is 5.70. The Morgan fingerprint density at radius 1 is 0.800 bits per heavy atom. The Bertz CT molecular complexity index is 594. The third kappa shape index (κ3) is 6.86. The molecule has 4 nitrogen and oxygen atoms in total. The molecule has 0 radical (unpaired) electrons. The molecule has 0 aromatic heterocycles. The van der Waals surface area contributed by atoms with Gasteiger partial charge in [0.05, 0.1) is 25.4 Å². The summed E-state index contributed by atoms with van der Waals surface area (Å²) in [5, 5.41) is 18.5. The Kier molecular flexibility index (Phi) is 7.92. The second-order valence-electron chi connectivity index (χ2n) is 6.61. The van der Waals surface area contributed by atoms with Gasteiger partial charge in [-0.15, -0.1) is 0 Å². The monoisotopic (exact) mass is 343 g/mol. The second kappa shape index (κ2) is 10.2. The highest BCUT2D eigenvalue weighted by Gasteiger charge is 2.22. The van der Waals surface area contributed by atoms with Gasteiger partial charge >= 0.3 is 0 Å². The number of hydrogen-bond acceptors (Lipinski definition) is 4. The minimum absolute atomic E-state index is 0.202. The van der Waals surface area contributed by atoms with E-state index in [1.165, 1.54) is 11.1 Å². The molecule has 2 rings (SSSR count). The summed E-state index contributed by atoms with van der Waals surface area (Å²) in [7, 11) is 0. The van der Waals surface area contributed by atoms with Crippen molar-refractivity contribution in [2.24, 2.45) is 5.73 Å². The standard InChI is InChI=1S/C21H29NO3/c22-21(16-23,17-24)14-13-19-11-9-18(10-12-19)6-4-5-15-25-20-7-2-1-3-8-20/h1-3,7-12,23-24H,4-6,13-17,22H2. The summed E-state index contributed by atoms with van der Waals surface area (Å²) >= 11 is 0. The SMILES string of the molecule is NC(CO)(CO)CCc1ccc(CCCCOc2ccccc2)cc1. The van der Waals surface area contributed by atoms with E-state index in [1.807, 2.05) is 30.3 Å². The molecule has 0 spiro atoms. The number of aliphatic hydroxyl groups excluding tert-OH is 2. The van der Waals surface area contributed by atoms with E-state index in [9.17, 15) is 10.2 Å². The first kappa shape index (κ1) is 19.4. The number of rotatable bonds is 11. The van der Waals surface area contributed by atoms with Gasteiger partial charge < -0.3 is 20.7 Å². The molecule has 0 aliphatic rings. The van der Waals surface area contributed by atoms with Crippen LogP contribution in [0.1, 0.15) is 30.4 Å². The quantitative estimate of drug-likeness (QED) is 0.548. The third-order valence-electron chi connectivity index (χ3n) is 4.44. The molecule has 0 atom stereocenters. The lowest BCUT2D eigenvalue weighted by Gasteiger charge is -2.24. The largest absolute Gasteiger partial charge is 0.494 e. The lowest BCUT2D eigenvalue weighted by atomic mass is 9.93. The van der Waals surface area contributed by atoms with Gasteiger partial charge in [0.15, 0.2) is 0 Å². The molecule has 2 aromatic carbocycles. The van der Waals surface area contributed by atoms with Gasteiger partial charge in [-0.2, -0.15) is 0 Å². The highest BCUT2D eigenvalue weighted by molar-refractivity contribution is 5.23. The molecular formula is C21H29NO3. The fourth-order valence-corrected chi connectivity index (χ4v) is 2.61. The van der Waals surface area contributed by atoms with Crippen molar-refractivity contribution in [2.75, 3.05) is 19.8 Å². The minimum atomic E-state index is -0.891. The molecular weight excluding hydrogens is 314 g/mol. The lowest BCUT2D eigenvalue weighted by Crippen LogP contribution is -2.47. The fourth-order valence-electron chi connectivity index (χ4n) is 2.61. The Labute approximate surface area is 150 Å². The molecule has 0 heterocycles. The summed E-state index contributed by atoms with van der Waals surface area (Å²) in [6.07, 6.45) is 4.47. The average molecular weight is 343 g/mol. The van der Waals surface area contributed by atoms with Crippen LogP contribution in [0.25, 0.3) is 0 Å². The van der Waals surface area contributed by atoms with E-state index in [1.54, 1.807) is 0 Å². The van der Waals surface area contributed by atoms with E-state index >= 15 is 0 Å². The van der Waals surface area contributed by atoms with Crippen molar-refractivity contribution in [1.29, 1.82) is 0 Å². The van der Waals surface area contributed by atoms with E-state index in [0.717, 1.165) is 38.0 Å². The van der Waals surface area contributed by atoms with Gasteiger partial charge in [-0.25, -0.2) is 0 Å². The van der Waals surface area contributed by atoms with E-state index in [-0.39, 0.29) is 13.2 Å². The maximum absolute atomic E-state index is 9.23. The summed E-state index contributed by atoms with van der Waals surface area (Å²) in [6.45, 7) is 0.336. The maximum atomic E-state index is 9.23. The van der Waals surface area contributed by atoms with Gasteiger partial charge in [0, 0.05) is 0 Å². The van der Waals surface area contributed by atoms with Crippen molar-refractivity contribution >= 4 is 0 Å². The molecule has 0 aliphatic carbocycles. The maximum Gasteiger partial charge on any atom is 0.119 e. The van der Waals surface area contributed by atoms with Crippen molar-refractivity contribution in [3.63, 3.8) is 0 Å². The van der Waals surface area contributed by atoms with Gasteiger partial charge in [0.2, 0.25) is 0 Å². The molecule has 2 aromatic rings. The number of aryl methyl sites for hydroxylation is 2. The molecule has 0 unspecified atom stereocenters. The molecule has 0 saturated carbocycles. The number of benzene rings is 2. The molecule has 25 heavy (non-hydrogen) atoms. The Hall–Kier alpha value is -1.88. The van der Waals surface area contributed by atoms with Crippen molar-refractivity contribution in [1.82, 2.24) is 0 Å². The fraction of sp³-hybridized carbons (Fsp3) is 0.429. The smallest absolute Gasteiger partial charge is 0.119 e. The van der Waals surface area contributed by atoms with Crippen LogP contribution in [0.3, 0.4) is 0 Å². The van der Waals surface area contributed by atoms with Crippen molar-refractivity contribution < 1.29 is 14.9 Å². The first-order valence-electron chi connectivity index (χ1n) is 8.91. The number of nitrogens with two attached hydrogens (primary N) is 1. The first-order valence-corrected chi connectivity index (χ1v) is 8.91. The zero-order valence-electron chi connectivity index (χ0n) is 14.7.